The van der Waals surface area contributed by atoms with Gasteiger partial charge in [0, 0.05) is 24.4 Å². The monoisotopic (exact) mass is 372 g/mol. The number of aromatic amines is 1. The van der Waals surface area contributed by atoms with Crippen molar-refractivity contribution >= 4 is 5.91 Å². The van der Waals surface area contributed by atoms with Crippen molar-refractivity contribution < 1.29 is 9.53 Å². The first kappa shape index (κ1) is 20.6. The Morgan fingerprint density at radius 2 is 1.89 bits per heavy atom. The zero-order valence-electron chi connectivity index (χ0n) is 16.4. The molecule has 0 unspecified atom stereocenters. The van der Waals surface area contributed by atoms with E-state index in [9.17, 15) is 9.59 Å². The van der Waals surface area contributed by atoms with Crippen LogP contribution in [0.1, 0.15) is 46.2 Å². The number of H-pyrrole nitrogens is 1. The normalized spacial score (nSPS) is 12.0. The zero-order valence-corrected chi connectivity index (χ0v) is 16.4. The van der Waals surface area contributed by atoms with Crippen LogP contribution in [0.5, 0.6) is 5.75 Å². The quantitative estimate of drug-likeness (QED) is 0.705. The number of hydrogen-bond acceptors (Lipinski definition) is 5. The number of rotatable bonds is 9. The van der Waals surface area contributed by atoms with Gasteiger partial charge in [0.25, 0.3) is 5.56 Å². The van der Waals surface area contributed by atoms with Gasteiger partial charge in [-0.05, 0) is 43.5 Å². The van der Waals surface area contributed by atoms with Crippen molar-refractivity contribution in [3.63, 3.8) is 0 Å². The minimum Gasteiger partial charge on any atom is -0.493 e. The summed E-state index contributed by atoms with van der Waals surface area (Å²) in [6.07, 6.45) is 1.33. The fourth-order valence-corrected chi connectivity index (χ4v) is 2.31. The minimum absolute atomic E-state index is 0.0911. The fraction of sp³-hybridized carbons (Fsp3) is 0.500. The van der Waals surface area contributed by atoms with Gasteiger partial charge in [-0.3, -0.25) is 9.59 Å². The first-order valence-electron chi connectivity index (χ1n) is 9.37. The van der Waals surface area contributed by atoms with Crippen molar-refractivity contribution in [1.82, 2.24) is 20.5 Å². The topological polar surface area (TPSA) is 97.0 Å². The summed E-state index contributed by atoms with van der Waals surface area (Å²) in [6.45, 7) is 8.77. The van der Waals surface area contributed by atoms with E-state index in [1.807, 2.05) is 38.1 Å². The third-order valence-electron chi connectivity index (χ3n) is 4.08. The molecule has 1 atom stereocenters. The van der Waals surface area contributed by atoms with Gasteiger partial charge in [0.15, 0.2) is 5.82 Å². The van der Waals surface area contributed by atoms with Crippen molar-refractivity contribution in [3.8, 4) is 17.1 Å². The Bertz CT molecular complexity index is 800. The zero-order chi connectivity index (χ0) is 19.8. The Hall–Kier alpha value is -2.70. The number of nitrogens with zero attached hydrogens (tertiary/aromatic N) is 2. The molecule has 0 aliphatic rings. The summed E-state index contributed by atoms with van der Waals surface area (Å²) in [5, 5.41) is 11.0. The second-order valence-electron chi connectivity index (χ2n) is 7.06. The molecule has 0 saturated heterocycles. The highest BCUT2D eigenvalue weighted by molar-refractivity contribution is 5.76. The van der Waals surface area contributed by atoms with Crippen LogP contribution in [0.4, 0.5) is 0 Å². The Balaban J connectivity index is 1.99. The highest BCUT2D eigenvalue weighted by atomic mass is 16.5. The fourth-order valence-electron chi connectivity index (χ4n) is 2.31. The first-order valence-corrected chi connectivity index (χ1v) is 9.37. The van der Waals surface area contributed by atoms with E-state index in [1.165, 1.54) is 0 Å². The Morgan fingerprint density at radius 1 is 1.19 bits per heavy atom. The van der Waals surface area contributed by atoms with E-state index in [0.717, 1.165) is 17.7 Å². The summed E-state index contributed by atoms with van der Waals surface area (Å²) >= 11 is 0. The van der Waals surface area contributed by atoms with Crippen molar-refractivity contribution in [3.05, 3.63) is 40.3 Å². The average Bonchev–Trinajstić information content (AvgIpc) is 2.65. The number of ether oxygens (including phenoxy) is 1. The van der Waals surface area contributed by atoms with Crippen molar-refractivity contribution in [2.45, 2.75) is 53.0 Å². The van der Waals surface area contributed by atoms with Crippen LogP contribution in [0.2, 0.25) is 0 Å². The molecule has 2 rings (SSSR count). The van der Waals surface area contributed by atoms with Crippen LogP contribution in [0, 0.1) is 5.92 Å². The van der Waals surface area contributed by atoms with Crippen LogP contribution in [-0.4, -0.2) is 33.7 Å². The van der Waals surface area contributed by atoms with Crippen molar-refractivity contribution in [2.24, 2.45) is 5.92 Å². The highest BCUT2D eigenvalue weighted by Crippen LogP contribution is 2.18. The number of carbonyl (C=O) groups is 1. The maximum Gasteiger partial charge on any atom is 0.273 e. The second kappa shape index (κ2) is 9.85. The van der Waals surface area contributed by atoms with Gasteiger partial charge in [-0.2, -0.15) is 0 Å². The maximum absolute atomic E-state index is 12.2. The number of nitrogens with one attached hydrogen (secondary N) is 2. The molecule has 0 bridgehead atoms. The summed E-state index contributed by atoms with van der Waals surface area (Å²) in [4.78, 5) is 26.8. The van der Waals surface area contributed by atoms with E-state index >= 15 is 0 Å². The molecule has 0 saturated carbocycles. The molecule has 1 aromatic heterocycles. The van der Waals surface area contributed by atoms with E-state index < -0.39 is 0 Å². The predicted molar refractivity (Wildman–Crippen MR) is 105 cm³/mol. The number of aromatic nitrogens is 3. The van der Waals surface area contributed by atoms with Crippen molar-refractivity contribution in [1.29, 1.82) is 0 Å². The van der Waals surface area contributed by atoms with E-state index in [2.05, 4.69) is 34.3 Å². The smallest absolute Gasteiger partial charge is 0.273 e. The Morgan fingerprint density at radius 3 is 2.48 bits per heavy atom. The van der Waals surface area contributed by atoms with E-state index in [0.29, 0.717) is 18.3 Å². The highest BCUT2D eigenvalue weighted by Gasteiger charge is 2.11. The van der Waals surface area contributed by atoms with Gasteiger partial charge in [-0.1, -0.05) is 20.8 Å². The molecule has 1 heterocycles. The number of carbonyl (C=O) groups excluding carboxylic acids is 1. The van der Waals surface area contributed by atoms with Crippen LogP contribution >= 0.6 is 0 Å². The molecule has 27 heavy (non-hydrogen) atoms. The lowest BCUT2D eigenvalue weighted by atomic mass is 10.2. The van der Waals surface area contributed by atoms with E-state index in [4.69, 9.17) is 4.74 Å². The summed E-state index contributed by atoms with van der Waals surface area (Å²) in [5.74, 6) is 1.52. The van der Waals surface area contributed by atoms with E-state index in [1.54, 1.807) is 0 Å². The molecular weight excluding hydrogens is 344 g/mol. The minimum atomic E-state index is -0.323. The molecule has 146 valence electrons. The number of benzene rings is 1. The Labute approximate surface area is 159 Å². The molecule has 0 spiro atoms. The molecule has 7 nitrogen and oxygen atoms in total. The van der Waals surface area contributed by atoms with Gasteiger partial charge < -0.3 is 15.0 Å². The summed E-state index contributed by atoms with van der Waals surface area (Å²) < 4.78 is 5.65. The summed E-state index contributed by atoms with van der Waals surface area (Å²) in [6, 6.07) is 7.45. The molecule has 2 aromatic rings. The molecule has 0 aliphatic heterocycles. The molecule has 0 aliphatic carbocycles. The van der Waals surface area contributed by atoms with Crippen LogP contribution < -0.4 is 15.6 Å². The third-order valence-corrected chi connectivity index (χ3v) is 4.08. The molecule has 0 radical (unpaired) electrons. The molecule has 1 aromatic carbocycles. The molecule has 2 N–H and O–H groups in total. The largest absolute Gasteiger partial charge is 0.493 e. The number of aryl methyl sites for hydroxylation is 1. The van der Waals surface area contributed by atoms with Crippen LogP contribution in [0.25, 0.3) is 11.4 Å². The molecule has 7 heteroatoms. The van der Waals surface area contributed by atoms with Crippen molar-refractivity contribution in [2.75, 3.05) is 6.61 Å². The SMILES string of the molecule is CC[C@H](C)NC(=O)CCc1nnc(-c2ccc(OCC(C)C)cc2)[nH]c1=O. The predicted octanol–water partition coefficient (Wildman–Crippen LogP) is 2.71. The van der Waals surface area contributed by atoms with Crippen LogP contribution in [0.15, 0.2) is 29.1 Å². The van der Waals surface area contributed by atoms with Gasteiger partial charge >= 0.3 is 0 Å². The van der Waals surface area contributed by atoms with E-state index in [-0.39, 0.29) is 36.0 Å². The summed E-state index contributed by atoms with van der Waals surface area (Å²) in [7, 11) is 0. The molecular formula is C20H28N4O3. The van der Waals surface area contributed by atoms with Gasteiger partial charge in [0.2, 0.25) is 5.91 Å². The third kappa shape index (κ3) is 6.51. The standard InChI is InChI=1S/C20H28N4O3/c1-5-14(4)21-18(25)11-10-17-20(26)22-19(24-23-17)15-6-8-16(9-7-15)27-12-13(2)3/h6-9,13-14H,5,10-12H2,1-4H3,(H,21,25)(H,22,24,26)/t14-/m0/s1. The lowest BCUT2D eigenvalue weighted by molar-refractivity contribution is -0.121. The maximum atomic E-state index is 12.2. The lowest BCUT2D eigenvalue weighted by Crippen LogP contribution is -2.32. The summed E-state index contributed by atoms with van der Waals surface area (Å²) in [5.41, 5.74) is 0.684. The molecule has 1 amide bonds. The Kier molecular flexibility index (Phi) is 7.52. The average molecular weight is 372 g/mol. The van der Waals surface area contributed by atoms with Gasteiger partial charge in [-0.25, -0.2) is 0 Å². The van der Waals surface area contributed by atoms with Gasteiger partial charge in [0.1, 0.15) is 11.4 Å². The molecule has 0 fully saturated rings. The number of amides is 1. The van der Waals surface area contributed by atoms with Gasteiger partial charge in [-0.15, -0.1) is 10.2 Å². The first-order chi connectivity index (χ1) is 12.9. The van der Waals surface area contributed by atoms with Gasteiger partial charge in [0.05, 0.1) is 6.61 Å². The number of hydrogen-bond donors (Lipinski definition) is 2. The van der Waals surface area contributed by atoms with Crippen LogP contribution in [-0.2, 0) is 11.2 Å². The second-order valence-corrected chi connectivity index (χ2v) is 7.06. The van der Waals surface area contributed by atoms with Crippen LogP contribution in [0.3, 0.4) is 0 Å². The lowest BCUT2D eigenvalue weighted by Gasteiger charge is -2.10.